The average Bonchev–Trinajstić information content (AvgIpc) is 2.50. The second-order valence-electron chi connectivity index (χ2n) is 3.10. The summed E-state index contributed by atoms with van der Waals surface area (Å²) < 4.78 is 9.80. The van der Waals surface area contributed by atoms with Crippen LogP contribution in [0.5, 0.6) is 0 Å². The van der Waals surface area contributed by atoms with Gasteiger partial charge in [0, 0.05) is 7.11 Å². The number of aliphatic hydroxyl groups excluding tert-OH is 1. The largest absolute Gasteiger partial charge is 0.388 e. The van der Waals surface area contributed by atoms with Crippen LogP contribution in [0.15, 0.2) is 0 Å². The van der Waals surface area contributed by atoms with Crippen LogP contribution >= 0.6 is 0 Å². The number of ether oxygens (including phenoxy) is 2. The van der Waals surface area contributed by atoms with Crippen LogP contribution in [0.4, 0.5) is 0 Å². The third-order valence-corrected chi connectivity index (χ3v) is 2.10. The molecule has 1 fully saturated rings. The van der Waals surface area contributed by atoms with Crippen LogP contribution in [0.2, 0.25) is 0 Å². The molecule has 1 heterocycles. The van der Waals surface area contributed by atoms with Gasteiger partial charge in [-0.3, -0.25) is 4.79 Å². The van der Waals surface area contributed by atoms with Gasteiger partial charge in [0.1, 0.15) is 6.10 Å². The first kappa shape index (κ1) is 10.4. The Balaban J connectivity index is 2.35. The maximum Gasteiger partial charge on any atom is 0.249 e. The van der Waals surface area contributed by atoms with Crippen LogP contribution in [0.3, 0.4) is 0 Å². The van der Waals surface area contributed by atoms with E-state index in [1.54, 1.807) is 6.92 Å². The van der Waals surface area contributed by atoms with Crippen LogP contribution in [0, 0.1) is 0 Å². The van der Waals surface area contributed by atoms with Gasteiger partial charge in [0.15, 0.2) is 0 Å². The van der Waals surface area contributed by atoms with Crippen molar-refractivity contribution >= 4 is 5.91 Å². The van der Waals surface area contributed by atoms with Gasteiger partial charge in [0.2, 0.25) is 5.91 Å². The molecule has 1 aliphatic rings. The first-order valence-electron chi connectivity index (χ1n) is 4.24. The minimum Gasteiger partial charge on any atom is -0.388 e. The molecule has 76 valence electrons. The number of nitrogens with one attached hydrogen (secondary N) is 1. The monoisotopic (exact) mass is 189 g/mol. The number of carbonyl (C=O) groups excluding carboxylic acids is 1. The number of methoxy groups -OCH3 is 1. The molecule has 0 bridgehead atoms. The van der Waals surface area contributed by atoms with Crippen molar-refractivity contribution in [3.05, 3.63) is 0 Å². The highest BCUT2D eigenvalue weighted by Crippen LogP contribution is 2.05. The number of hydrogen-bond acceptors (Lipinski definition) is 4. The molecular weight excluding hydrogens is 174 g/mol. The maximum absolute atomic E-state index is 11.3. The van der Waals surface area contributed by atoms with Crippen LogP contribution in [-0.4, -0.2) is 49.6 Å². The minimum atomic E-state index is -0.604. The Hall–Kier alpha value is -0.650. The average molecular weight is 189 g/mol. The van der Waals surface area contributed by atoms with Crippen molar-refractivity contribution < 1.29 is 19.4 Å². The van der Waals surface area contributed by atoms with Crippen LogP contribution in [-0.2, 0) is 14.3 Å². The van der Waals surface area contributed by atoms with Gasteiger partial charge in [-0.15, -0.1) is 0 Å². The molecule has 0 aromatic carbocycles. The van der Waals surface area contributed by atoms with Crippen molar-refractivity contribution in [3.63, 3.8) is 0 Å². The van der Waals surface area contributed by atoms with E-state index in [9.17, 15) is 9.90 Å². The summed E-state index contributed by atoms with van der Waals surface area (Å²) >= 11 is 0. The highest BCUT2D eigenvalue weighted by molar-refractivity contribution is 5.80. The molecule has 1 rings (SSSR count). The molecule has 0 radical (unpaired) electrons. The van der Waals surface area contributed by atoms with E-state index in [1.165, 1.54) is 7.11 Å². The molecule has 0 aromatic rings. The van der Waals surface area contributed by atoms with Gasteiger partial charge >= 0.3 is 0 Å². The number of carbonyl (C=O) groups is 1. The van der Waals surface area contributed by atoms with Crippen LogP contribution < -0.4 is 5.32 Å². The highest BCUT2D eigenvalue weighted by atomic mass is 16.5. The topological polar surface area (TPSA) is 67.8 Å². The van der Waals surface area contributed by atoms with E-state index >= 15 is 0 Å². The predicted octanol–water partition coefficient (Wildman–Crippen LogP) is -1.10. The molecule has 13 heavy (non-hydrogen) atoms. The van der Waals surface area contributed by atoms with Crippen molar-refractivity contribution in [2.24, 2.45) is 0 Å². The second kappa shape index (κ2) is 4.55. The van der Waals surface area contributed by atoms with Crippen molar-refractivity contribution in [2.75, 3.05) is 20.3 Å². The minimum absolute atomic E-state index is 0.225. The van der Waals surface area contributed by atoms with Crippen molar-refractivity contribution in [1.82, 2.24) is 5.32 Å². The molecule has 5 heteroatoms. The molecule has 0 saturated carbocycles. The van der Waals surface area contributed by atoms with E-state index in [0.717, 1.165) is 0 Å². The summed E-state index contributed by atoms with van der Waals surface area (Å²) in [7, 11) is 1.46. The normalized spacial score (nSPS) is 30.1. The van der Waals surface area contributed by atoms with Gasteiger partial charge in [-0.05, 0) is 6.92 Å². The number of rotatable bonds is 3. The molecule has 0 aromatic heterocycles. The molecule has 3 atom stereocenters. The molecule has 5 nitrogen and oxygen atoms in total. The van der Waals surface area contributed by atoms with Crippen molar-refractivity contribution in [3.8, 4) is 0 Å². The lowest BCUT2D eigenvalue weighted by Gasteiger charge is -2.17. The fraction of sp³-hybridized carbons (Fsp3) is 0.875. The van der Waals surface area contributed by atoms with Gasteiger partial charge in [-0.2, -0.15) is 0 Å². The SMILES string of the molecule is COC(C)C(=O)NC1COCC1O. The molecule has 1 saturated heterocycles. The Bertz CT molecular complexity index is 185. The van der Waals surface area contributed by atoms with Crippen LogP contribution in [0.1, 0.15) is 6.92 Å². The Kier molecular flexibility index (Phi) is 3.65. The summed E-state index contributed by atoms with van der Waals surface area (Å²) in [6, 6.07) is -0.301. The van der Waals surface area contributed by atoms with E-state index in [0.29, 0.717) is 6.61 Å². The van der Waals surface area contributed by atoms with Gasteiger partial charge in [0.25, 0.3) is 0 Å². The summed E-state index contributed by atoms with van der Waals surface area (Å²) in [6.45, 7) is 2.30. The standard InChI is InChI=1S/C8H15NO4/c1-5(12-2)8(11)9-6-3-13-4-7(6)10/h5-7,10H,3-4H2,1-2H3,(H,9,11). The Morgan fingerprint density at radius 3 is 2.85 bits per heavy atom. The fourth-order valence-corrected chi connectivity index (χ4v) is 1.09. The first-order chi connectivity index (χ1) is 6.15. The zero-order valence-electron chi connectivity index (χ0n) is 7.82. The lowest BCUT2D eigenvalue weighted by molar-refractivity contribution is -0.131. The van der Waals surface area contributed by atoms with Gasteiger partial charge in [0.05, 0.1) is 25.4 Å². The molecule has 3 unspecified atom stereocenters. The molecule has 0 aliphatic carbocycles. The zero-order chi connectivity index (χ0) is 9.84. The smallest absolute Gasteiger partial charge is 0.249 e. The Labute approximate surface area is 77.0 Å². The third kappa shape index (κ3) is 2.65. The van der Waals surface area contributed by atoms with E-state index in [-0.39, 0.29) is 18.6 Å². The maximum atomic E-state index is 11.3. The Morgan fingerprint density at radius 1 is 1.69 bits per heavy atom. The number of hydrogen-bond donors (Lipinski definition) is 2. The first-order valence-corrected chi connectivity index (χ1v) is 4.24. The summed E-state index contributed by atoms with van der Waals surface area (Å²) in [5.41, 5.74) is 0. The molecular formula is C8H15NO4. The summed E-state index contributed by atoms with van der Waals surface area (Å²) in [5.74, 6) is -0.225. The van der Waals surface area contributed by atoms with E-state index < -0.39 is 12.2 Å². The van der Waals surface area contributed by atoms with Gasteiger partial charge in [-0.25, -0.2) is 0 Å². The van der Waals surface area contributed by atoms with Crippen LogP contribution in [0.25, 0.3) is 0 Å². The van der Waals surface area contributed by atoms with Gasteiger partial charge < -0.3 is 19.9 Å². The quantitative estimate of drug-likeness (QED) is 0.591. The van der Waals surface area contributed by atoms with E-state index in [4.69, 9.17) is 9.47 Å². The lowest BCUT2D eigenvalue weighted by atomic mass is 10.2. The van der Waals surface area contributed by atoms with E-state index in [1.807, 2.05) is 0 Å². The summed E-state index contributed by atoms with van der Waals surface area (Å²) in [4.78, 5) is 11.3. The number of aliphatic hydroxyl groups is 1. The van der Waals surface area contributed by atoms with Crippen molar-refractivity contribution in [1.29, 1.82) is 0 Å². The summed E-state index contributed by atoms with van der Waals surface area (Å²) in [6.07, 6.45) is -1.10. The zero-order valence-corrected chi connectivity index (χ0v) is 7.82. The van der Waals surface area contributed by atoms with Gasteiger partial charge in [-0.1, -0.05) is 0 Å². The number of amides is 1. The molecule has 1 amide bonds. The molecule has 1 aliphatic heterocycles. The van der Waals surface area contributed by atoms with E-state index in [2.05, 4.69) is 5.32 Å². The Morgan fingerprint density at radius 2 is 2.38 bits per heavy atom. The lowest BCUT2D eigenvalue weighted by Crippen LogP contribution is -2.46. The predicted molar refractivity (Wildman–Crippen MR) is 45.2 cm³/mol. The summed E-state index contributed by atoms with van der Waals surface area (Å²) in [5, 5.41) is 12.0. The molecule has 0 spiro atoms. The second-order valence-corrected chi connectivity index (χ2v) is 3.10. The third-order valence-electron chi connectivity index (χ3n) is 2.10. The highest BCUT2D eigenvalue weighted by Gasteiger charge is 2.28. The van der Waals surface area contributed by atoms with Crippen molar-refractivity contribution in [2.45, 2.75) is 25.2 Å². The molecule has 2 N–H and O–H groups in total. The fourth-order valence-electron chi connectivity index (χ4n) is 1.09.